The Hall–Kier alpha value is -3.02. The predicted molar refractivity (Wildman–Crippen MR) is 113 cm³/mol. The van der Waals surface area contributed by atoms with Crippen molar-refractivity contribution in [1.29, 1.82) is 0 Å². The lowest BCUT2D eigenvalue weighted by molar-refractivity contribution is 0.271. The van der Waals surface area contributed by atoms with Gasteiger partial charge < -0.3 is 8.60 Å². The normalized spacial score (nSPS) is 14.1. The molecule has 0 amide bonds. The molecule has 3 atom stereocenters. The van der Waals surface area contributed by atoms with Gasteiger partial charge in [-0.2, -0.15) is 8.93 Å². The number of hydrogen-bond donors (Lipinski definition) is 3. The Labute approximate surface area is 180 Å². The van der Waals surface area contributed by atoms with E-state index in [0.717, 1.165) is 11.1 Å². The fourth-order valence-corrected chi connectivity index (χ4v) is 4.03. The molecule has 2 aromatic carbocycles. The van der Waals surface area contributed by atoms with Gasteiger partial charge in [-0.25, -0.2) is 14.3 Å². The molecule has 9 nitrogen and oxygen atoms in total. The first-order valence-electron chi connectivity index (χ1n) is 9.36. The maximum absolute atomic E-state index is 14.7. The second-order valence-corrected chi connectivity index (χ2v) is 7.76. The molecule has 0 spiro atoms. The van der Waals surface area contributed by atoms with E-state index >= 15 is 0 Å². The standard InChI is InChI=1S/C20H23FN4O5S/c1-11-5-10-16(21)17(12(11)2)13(3)18(19-22-23-20(26)29-19)25-31(27)30-15-8-6-14(7-9-15)24-28-4/h5-10,13,18,24-25H,1-4H3,(H,23,26). The number of halogens is 1. The average molecular weight is 450 g/mol. The number of aromatic amines is 1. The largest absolute Gasteiger partial charge is 0.434 e. The molecule has 1 aromatic heterocycles. The van der Waals surface area contributed by atoms with Crippen LogP contribution in [0.3, 0.4) is 0 Å². The fourth-order valence-electron chi connectivity index (χ4n) is 3.18. The summed E-state index contributed by atoms with van der Waals surface area (Å²) >= 11 is -2.06. The molecule has 0 bridgehead atoms. The first kappa shape index (κ1) is 22.7. The maximum atomic E-state index is 14.7. The number of nitrogens with zero attached hydrogens (tertiary/aromatic N) is 1. The van der Waals surface area contributed by atoms with Gasteiger partial charge in [-0.15, -0.1) is 5.10 Å². The van der Waals surface area contributed by atoms with Gasteiger partial charge in [0.15, 0.2) is 0 Å². The van der Waals surface area contributed by atoms with Gasteiger partial charge in [-0.1, -0.05) is 13.0 Å². The van der Waals surface area contributed by atoms with Gasteiger partial charge in [-0.05, 0) is 60.9 Å². The number of aromatic nitrogens is 2. The van der Waals surface area contributed by atoms with E-state index in [1.54, 1.807) is 44.2 Å². The zero-order valence-electron chi connectivity index (χ0n) is 17.4. The van der Waals surface area contributed by atoms with Crippen molar-refractivity contribution in [1.82, 2.24) is 14.9 Å². The number of benzene rings is 2. The van der Waals surface area contributed by atoms with Gasteiger partial charge in [-0.3, -0.25) is 10.3 Å². The van der Waals surface area contributed by atoms with Crippen LogP contribution in [0.1, 0.15) is 41.5 Å². The third-order valence-electron chi connectivity index (χ3n) is 4.88. The number of hydrogen-bond acceptors (Lipinski definition) is 7. The molecule has 3 aromatic rings. The predicted octanol–water partition coefficient (Wildman–Crippen LogP) is 3.18. The van der Waals surface area contributed by atoms with Crippen molar-refractivity contribution in [2.45, 2.75) is 32.7 Å². The molecule has 11 heteroatoms. The molecule has 0 radical (unpaired) electrons. The van der Waals surface area contributed by atoms with Gasteiger partial charge >= 0.3 is 5.76 Å². The number of rotatable bonds is 9. The minimum absolute atomic E-state index is 0.0607. The summed E-state index contributed by atoms with van der Waals surface area (Å²) in [6.45, 7) is 5.39. The highest BCUT2D eigenvalue weighted by Gasteiger charge is 2.31. The van der Waals surface area contributed by atoms with E-state index in [1.165, 1.54) is 13.2 Å². The summed E-state index contributed by atoms with van der Waals surface area (Å²) in [6, 6.07) is 8.68. The molecule has 0 aliphatic rings. The van der Waals surface area contributed by atoms with Crippen LogP contribution in [0.4, 0.5) is 10.1 Å². The van der Waals surface area contributed by atoms with E-state index in [-0.39, 0.29) is 5.89 Å². The summed E-state index contributed by atoms with van der Waals surface area (Å²) in [4.78, 5) is 16.3. The van der Waals surface area contributed by atoms with Crippen LogP contribution in [-0.2, 0) is 16.1 Å². The molecule has 0 fully saturated rings. The molecule has 3 unspecified atom stereocenters. The monoisotopic (exact) mass is 450 g/mol. The molecule has 3 N–H and O–H groups in total. The Morgan fingerprint density at radius 1 is 1.19 bits per heavy atom. The van der Waals surface area contributed by atoms with Crippen molar-refractivity contribution in [3.63, 3.8) is 0 Å². The van der Waals surface area contributed by atoms with Crippen LogP contribution in [0.2, 0.25) is 0 Å². The van der Waals surface area contributed by atoms with Crippen molar-refractivity contribution in [3.8, 4) is 5.75 Å². The number of anilines is 1. The SMILES string of the molecule is CONc1ccc(OS(=O)NC(c2n[nH]c(=O)o2)C(C)c2c(F)ccc(C)c2C)cc1. The quantitative estimate of drug-likeness (QED) is 0.429. The Morgan fingerprint density at radius 2 is 1.90 bits per heavy atom. The lowest BCUT2D eigenvalue weighted by atomic mass is 9.88. The summed E-state index contributed by atoms with van der Waals surface area (Å²) in [5.41, 5.74) is 5.38. The summed E-state index contributed by atoms with van der Waals surface area (Å²) in [7, 11) is 1.48. The summed E-state index contributed by atoms with van der Waals surface area (Å²) in [5.74, 6) is -1.53. The third kappa shape index (κ3) is 5.37. The van der Waals surface area contributed by atoms with Gasteiger partial charge in [0.2, 0.25) is 5.89 Å². The highest BCUT2D eigenvalue weighted by molar-refractivity contribution is 7.78. The van der Waals surface area contributed by atoms with Crippen molar-refractivity contribution in [2.75, 3.05) is 12.6 Å². The zero-order valence-corrected chi connectivity index (χ0v) is 18.2. The van der Waals surface area contributed by atoms with Crippen molar-refractivity contribution in [2.24, 2.45) is 0 Å². The van der Waals surface area contributed by atoms with Crippen LogP contribution < -0.4 is 20.1 Å². The topological polar surface area (TPSA) is 118 Å². The fraction of sp³-hybridized carbons (Fsp3) is 0.300. The molecule has 0 saturated heterocycles. The highest BCUT2D eigenvalue weighted by Crippen LogP contribution is 2.34. The van der Waals surface area contributed by atoms with Crippen LogP contribution in [0, 0.1) is 19.7 Å². The van der Waals surface area contributed by atoms with E-state index in [0.29, 0.717) is 17.0 Å². The first-order valence-corrected chi connectivity index (χ1v) is 10.4. The number of nitrogens with one attached hydrogen (secondary N) is 3. The lowest BCUT2D eigenvalue weighted by Crippen LogP contribution is -2.31. The van der Waals surface area contributed by atoms with E-state index in [1.807, 2.05) is 6.92 Å². The Kier molecular flexibility index (Phi) is 7.21. The van der Waals surface area contributed by atoms with Gasteiger partial charge in [0, 0.05) is 5.92 Å². The summed E-state index contributed by atoms with van der Waals surface area (Å²) in [6.07, 6.45) is 0. The molecular weight excluding hydrogens is 427 g/mol. The van der Waals surface area contributed by atoms with Crippen LogP contribution in [0.5, 0.6) is 5.75 Å². The lowest BCUT2D eigenvalue weighted by Gasteiger charge is -2.24. The Balaban J connectivity index is 1.85. The van der Waals surface area contributed by atoms with Gasteiger partial charge in [0.05, 0.1) is 12.8 Å². The minimum atomic E-state index is -2.06. The Morgan fingerprint density at radius 3 is 2.52 bits per heavy atom. The van der Waals surface area contributed by atoms with Crippen molar-refractivity contribution < 1.29 is 22.0 Å². The van der Waals surface area contributed by atoms with E-state index < -0.39 is 34.8 Å². The minimum Gasteiger partial charge on any atom is -0.391 e. The van der Waals surface area contributed by atoms with E-state index in [2.05, 4.69) is 20.4 Å². The van der Waals surface area contributed by atoms with Gasteiger partial charge in [0.1, 0.15) is 17.6 Å². The molecule has 0 aliphatic heterocycles. The van der Waals surface area contributed by atoms with Crippen LogP contribution in [0.15, 0.2) is 45.6 Å². The molecule has 3 rings (SSSR count). The second kappa shape index (κ2) is 9.86. The molecular formula is C20H23FN4O5S. The molecule has 0 aliphatic carbocycles. The number of aryl methyl sites for hydroxylation is 1. The van der Waals surface area contributed by atoms with Crippen molar-refractivity contribution >= 4 is 17.0 Å². The molecule has 31 heavy (non-hydrogen) atoms. The second-order valence-electron chi connectivity index (χ2n) is 6.89. The summed E-state index contributed by atoms with van der Waals surface area (Å²) in [5, 5.41) is 6.01. The zero-order chi connectivity index (χ0) is 22.5. The Bertz CT molecular complexity index is 1120. The molecule has 166 valence electrons. The summed E-state index contributed by atoms with van der Waals surface area (Å²) < 4.78 is 40.6. The third-order valence-corrected chi connectivity index (χ3v) is 5.67. The molecule has 1 heterocycles. The number of H-pyrrole nitrogens is 1. The highest BCUT2D eigenvalue weighted by atomic mass is 32.2. The first-order chi connectivity index (χ1) is 14.8. The van der Waals surface area contributed by atoms with E-state index in [9.17, 15) is 13.4 Å². The van der Waals surface area contributed by atoms with Gasteiger partial charge in [0.25, 0.3) is 11.3 Å². The van der Waals surface area contributed by atoms with E-state index in [4.69, 9.17) is 13.4 Å². The average Bonchev–Trinajstić information content (AvgIpc) is 3.17. The van der Waals surface area contributed by atoms with Crippen LogP contribution >= 0.6 is 0 Å². The van der Waals surface area contributed by atoms with Crippen LogP contribution in [-0.4, -0.2) is 21.5 Å². The van der Waals surface area contributed by atoms with Crippen LogP contribution in [0.25, 0.3) is 0 Å². The van der Waals surface area contributed by atoms with Crippen molar-refractivity contribution in [3.05, 3.63) is 75.3 Å². The molecule has 0 saturated carbocycles. The maximum Gasteiger partial charge on any atom is 0.434 e. The smallest absolute Gasteiger partial charge is 0.391 e.